The number of halogens is 1. The number of hydrogen-bond donors (Lipinski definition) is 1. The zero-order valence-electron chi connectivity index (χ0n) is 16.7. The summed E-state index contributed by atoms with van der Waals surface area (Å²) in [6, 6.07) is 17.5. The highest BCUT2D eigenvalue weighted by Gasteiger charge is 2.35. The van der Waals surface area contributed by atoms with Crippen molar-refractivity contribution < 1.29 is 18.7 Å². The van der Waals surface area contributed by atoms with Gasteiger partial charge in [-0.2, -0.15) is 10.2 Å². The maximum atomic E-state index is 13.0. The van der Waals surface area contributed by atoms with E-state index in [1.54, 1.807) is 48.7 Å². The minimum absolute atomic E-state index is 0.128. The lowest BCUT2D eigenvalue weighted by atomic mass is 10.0. The van der Waals surface area contributed by atoms with Crippen LogP contribution in [0.5, 0.6) is 0 Å². The molecule has 1 aliphatic heterocycles. The average Bonchev–Trinajstić information content (AvgIpc) is 3.56. The highest BCUT2D eigenvalue weighted by molar-refractivity contribution is 6.30. The minimum atomic E-state index is -0.688. The van der Waals surface area contributed by atoms with Crippen molar-refractivity contribution >= 4 is 40.1 Å². The second-order valence-electron chi connectivity index (χ2n) is 7.22. The molecule has 0 fully saturated rings. The van der Waals surface area contributed by atoms with Crippen molar-refractivity contribution in [2.75, 3.05) is 6.61 Å². The minimum Gasteiger partial charge on any atom is -0.467 e. The van der Waals surface area contributed by atoms with E-state index in [-0.39, 0.29) is 5.69 Å². The van der Waals surface area contributed by atoms with Crippen LogP contribution in [0.4, 0.5) is 0 Å². The molecule has 4 aromatic rings. The summed E-state index contributed by atoms with van der Waals surface area (Å²) >= 11 is 5.98. The number of aromatic amines is 1. The Morgan fingerprint density at radius 3 is 2.72 bits per heavy atom. The van der Waals surface area contributed by atoms with Gasteiger partial charge in [0, 0.05) is 16.8 Å². The van der Waals surface area contributed by atoms with Gasteiger partial charge in [0.2, 0.25) is 0 Å². The predicted molar refractivity (Wildman–Crippen MR) is 117 cm³/mol. The molecule has 32 heavy (non-hydrogen) atoms. The van der Waals surface area contributed by atoms with Gasteiger partial charge in [0.15, 0.2) is 12.3 Å². The van der Waals surface area contributed by atoms with E-state index in [1.165, 1.54) is 5.01 Å². The third-order valence-corrected chi connectivity index (χ3v) is 5.46. The van der Waals surface area contributed by atoms with E-state index in [2.05, 4.69) is 15.3 Å². The topological polar surface area (TPSA) is 101 Å². The van der Waals surface area contributed by atoms with Crippen molar-refractivity contribution in [3.63, 3.8) is 0 Å². The Hall–Kier alpha value is -3.91. The Morgan fingerprint density at radius 1 is 1.12 bits per heavy atom. The van der Waals surface area contributed by atoms with E-state index >= 15 is 0 Å². The Balaban J connectivity index is 1.35. The van der Waals surface area contributed by atoms with Crippen LogP contribution in [0.3, 0.4) is 0 Å². The van der Waals surface area contributed by atoms with E-state index in [9.17, 15) is 9.59 Å². The van der Waals surface area contributed by atoms with Gasteiger partial charge in [-0.05, 0) is 35.9 Å². The number of amides is 1. The molecule has 5 rings (SSSR count). The number of furan rings is 1. The maximum absolute atomic E-state index is 13.0. The second kappa shape index (κ2) is 8.32. The van der Waals surface area contributed by atoms with Crippen LogP contribution in [0, 0.1) is 0 Å². The number of rotatable bonds is 5. The summed E-state index contributed by atoms with van der Waals surface area (Å²) in [4.78, 5) is 25.5. The number of hydrogen-bond acceptors (Lipinski definition) is 6. The van der Waals surface area contributed by atoms with Crippen LogP contribution in [0.1, 0.15) is 34.3 Å². The first-order valence-corrected chi connectivity index (χ1v) is 10.3. The molecule has 0 saturated carbocycles. The number of benzene rings is 2. The number of hydrazone groups is 1. The van der Waals surface area contributed by atoms with Gasteiger partial charge in [-0.25, -0.2) is 9.80 Å². The van der Waals surface area contributed by atoms with Gasteiger partial charge in [-0.1, -0.05) is 41.9 Å². The van der Waals surface area contributed by atoms with Gasteiger partial charge in [0.05, 0.1) is 17.5 Å². The first-order valence-electron chi connectivity index (χ1n) is 9.89. The van der Waals surface area contributed by atoms with Gasteiger partial charge in [-0.15, -0.1) is 0 Å². The first-order chi connectivity index (χ1) is 15.6. The number of esters is 1. The van der Waals surface area contributed by atoms with Crippen molar-refractivity contribution in [3.05, 3.63) is 89.0 Å². The molecule has 0 aliphatic carbocycles. The van der Waals surface area contributed by atoms with Gasteiger partial charge >= 0.3 is 5.97 Å². The molecule has 8 nitrogen and oxygen atoms in total. The van der Waals surface area contributed by atoms with Gasteiger partial charge < -0.3 is 9.15 Å². The summed E-state index contributed by atoms with van der Waals surface area (Å²) in [5, 5.41) is 13.8. The first kappa shape index (κ1) is 20.0. The van der Waals surface area contributed by atoms with Crippen LogP contribution >= 0.6 is 11.6 Å². The molecule has 1 atom stereocenters. The molecule has 0 radical (unpaired) electrons. The van der Waals surface area contributed by atoms with Gasteiger partial charge in [-0.3, -0.25) is 9.89 Å². The molecule has 0 saturated heterocycles. The zero-order valence-corrected chi connectivity index (χ0v) is 17.5. The van der Waals surface area contributed by atoms with E-state index < -0.39 is 24.5 Å². The Morgan fingerprint density at radius 2 is 1.94 bits per heavy atom. The molecule has 1 N–H and O–H groups in total. The summed E-state index contributed by atoms with van der Waals surface area (Å²) in [6.45, 7) is -0.478. The maximum Gasteiger partial charge on any atom is 0.359 e. The Labute approximate surface area is 187 Å². The van der Waals surface area contributed by atoms with E-state index in [0.717, 1.165) is 5.56 Å². The molecule has 0 bridgehead atoms. The fourth-order valence-corrected chi connectivity index (χ4v) is 3.77. The molecule has 0 spiro atoms. The van der Waals surface area contributed by atoms with Crippen molar-refractivity contribution in [2.45, 2.75) is 12.5 Å². The summed E-state index contributed by atoms with van der Waals surface area (Å²) in [7, 11) is 0. The molecule has 2 aromatic heterocycles. The summed E-state index contributed by atoms with van der Waals surface area (Å²) in [5.41, 5.74) is 2.39. The normalized spacial score (nSPS) is 15.7. The van der Waals surface area contributed by atoms with Crippen molar-refractivity contribution in [3.8, 4) is 0 Å². The summed E-state index contributed by atoms with van der Waals surface area (Å²) in [6.07, 6.45) is 2.00. The Bertz CT molecular complexity index is 1310. The number of carbonyl (C=O) groups is 2. The van der Waals surface area contributed by atoms with E-state index in [4.69, 9.17) is 20.8 Å². The number of nitrogens with one attached hydrogen (secondary N) is 1. The molecule has 160 valence electrons. The smallest absolute Gasteiger partial charge is 0.359 e. The van der Waals surface area contributed by atoms with Crippen LogP contribution in [-0.2, 0) is 9.53 Å². The SMILES string of the molecule is O=C(OCC(=O)N1N=C(c2ccc(Cl)cc2)C[C@H]1c1ccco1)c1n[nH]c2ccccc12. The number of carbonyl (C=O) groups excluding carboxylic acids is 2. The number of para-hydroxylation sites is 1. The van der Waals surface area contributed by atoms with E-state index in [1.807, 2.05) is 18.2 Å². The second-order valence-corrected chi connectivity index (χ2v) is 7.66. The largest absolute Gasteiger partial charge is 0.467 e. The van der Waals surface area contributed by atoms with Crippen LogP contribution in [-0.4, -0.2) is 39.4 Å². The third kappa shape index (κ3) is 3.76. The average molecular weight is 449 g/mol. The molecule has 0 unspecified atom stereocenters. The molecule has 1 aliphatic rings. The zero-order chi connectivity index (χ0) is 22.1. The Kier molecular flexibility index (Phi) is 5.20. The van der Waals surface area contributed by atoms with Crippen LogP contribution in [0.15, 0.2) is 76.4 Å². The highest BCUT2D eigenvalue weighted by Crippen LogP contribution is 2.33. The number of aromatic nitrogens is 2. The number of ether oxygens (including phenoxy) is 1. The van der Waals surface area contributed by atoms with Crippen molar-refractivity contribution in [2.24, 2.45) is 5.10 Å². The lowest BCUT2D eigenvalue weighted by molar-refractivity contribution is -0.136. The lowest BCUT2D eigenvalue weighted by Crippen LogP contribution is -2.31. The molecule has 2 aromatic carbocycles. The number of H-pyrrole nitrogens is 1. The van der Waals surface area contributed by atoms with Crippen LogP contribution in [0.25, 0.3) is 10.9 Å². The van der Waals surface area contributed by atoms with Crippen LogP contribution < -0.4 is 0 Å². The number of nitrogens with zero attached hydrogens (tertiary/aromatic N) is 3. The fourth-order valence-electron chi connectivity index (χ4n) is 3.64. The summed E-state index contributed by atoms with van der Waals surface area (Å²) in [5.74, 6) is -0.564. The standard InChI is InChI=1S/C23H17ClN4O4/c24-15-9-7-14(8-10-15)18-12-19(20-6-3-11-31-20)28(27-18)21(29)13-32-23(30)22-16-4-1-2-5-17(16)25-26-22/h1-11,19H,12-13H2,(H,25,26)/t19-/m0/s1. The highest BCUT2D eigenvalue weighted by atomic mass is 35.5. The quantitative estimate of drug-likeness (QED) is 0.457. The lowest BCUT2D eigenvalue weighted by Gasteiger charge is -2.19. The molecular weight excluding hydrogens is 432 g/mol. The third-order valence-electron chi connectivity index (χ3n) is 5.21. The molecule has 3 heterocycles. The molecular formula is C23H17ClN4O4. The molecule has 9 heteroatoms. The van der Waals surface area contributed by atoms with Crippen LogP contribution in [0.2, 0.25) is 5.02 Å². The number of fused-ring (bicyclic) bond motifs is 1. The van der Waals surface area contributed by atoms with Crippen molar-refractivity contribution in [1.29, 1.82) is 0 Å². The monoisotopic (exact) mass is 448 g/mol. The fraction of sp³-hybridized carbons (Fsp3) is 0.130. The van der Waals surface area contributed by atoms with E-state index in [0.29, 0.717) is 33.8 Å². The van der Waals surface area contributed by atoms with Gasteiger partial charge in [0.1, 0.15) is 11.8 Å². The van der Waals surface area contributed by atoms with Gasteiger partial charge in [0.25, 0.3) is 5.91 Å². The molecule has 1 amide bonds. The predicted octanol–water partition coefficient (Wildman–Crippen LogP) is 4.34. The van der Waals surface area contributed by atoms with Crippen molar-refractivity contribution in [1.82, 2.24) is 15.2 Å². The summed E-state index contributed by atoms with van der Waals surface area (Å²) < 4.78 is 10.8.